The highest BCUT2D eigenvalue weighted by Gasteiger charge is 2.19. The molecular weight excluding hydrogens is 354 g/mol. The lowest BCUT2D eigenvalue weighted by Gasteiger charge is -2.18. The normalized spacial score (nSPS) is 12.0. The fourth-order valence-electron chi connectivity index (χ4n) is 2.78. The molecule has 1 N–H and O–H groups in total. The Morgan fingerprint density at radius 3 is 2.46 bits per heavy atom. The molecule has 0 fully saturated rings. The molecule has 1 atom stereocenters. The van der Waals surface area contributed by atoms with Gasteiger partial charge in [0, 0.05) is 11.6 Å². The number of carbonyl (C=O) groups is 2. The van der Waals surface area contributed by atoms with Gasteiger partial charge in [0.25, 0.3) is 0 Å². The summed E-state index contributed by atoms with van der Waals surface area (Å²) in [4.78, 5) is 24.6. The van der Waals surface area contributed by atoms with Gasteiger partial charge in [0.15, 0.2) is 0 Å². The molecule has 2 rings (SSSR count). The molecule has 0 aromatic heterocycles. The van der Waals surface area contributed by atoms with Crippen LogP contribution in [0.15, 0.2) is 54.6 Å². The molecule has 0 spiro atoms. The number of aryl methyl sites for hydroxylation is 1. The third kappa shape index (κ3) is 6.58. The van der Waals surface area contributed by atoms with E-state index < -0.39 is 6.04 Å². The standard InChI is InChI=1S/C23H27NO4/c1-16(2)28-23(26)15-20(18-8-6-5-7-9-18)24-22(25)13-11-19-14-17(3)10-12-21(19)27-4/h5-14,16,20H,15H2,1-4H3,(H,24,25)/b13-11+. The molecule has 5 nitrogen and oxygen atoms in total. The number of amides is 1. The number of benzene rings is 2. The molecule has 1 amide bonds. The van der Waals surface area contributed by atoms with Gasteiger partial charge in [0.1, 0.15) is 5.75 Å². The Morgan fingerprint density at radius 2 is 1.82 bits per heavy atom. The van der Waals surface area contributed by atoms with Crippen molar-refractivity contribution >= 4 is 18.0 Å². The molecule has 0 saturated heterocycles. The summed E-state index contributed by atoms with van der Waals surface area (Å²) in [7, 11) is 1.59. The van der Waals surface area contributed by atoms with Crippen molar-refractivity contribution in [1.82, 2.24) is 5.32 Å². The summed E-state index contributed by atoms with van der Waals surface area (Å²) in [6, 6.07) is 14.7. The predicted molar refractivity (Wildman–Crippen MR) is 110 cm³/mol. The highest BCUT2D eigenvalue weighted by molar-refractivity contribution is 5.92. The first-order chi connectivity index (χ1) is 13.4. The van der Waals surface area contributed by atoms with Crippen LogP contribution in [0.3, 0.4) is 0 Å². The number of carbonyl (C=O) groups excluding carboxylic acids is 2. The number of hydrogen-bond donors (Lipinski definition) is 1. The molecular formula is C23H27NO4. The number of hydrogen-bond acceptors (Lipinski definition) is 4. The molecule has 148 valence electrons. The Hall–Kier alpha value is -3.08. The van der Waals surface area contributed by atoms with Gasteiger partial charge in [-0.25, -0.2) is 0 Å². The molecule has 0 aliphatic heterocycles. The zero-order valence-electron chi connectivity index (χ0n) is 16.8. The Morgan fingerprint density at radius 1 is 1.11 bits per heavy atom. The Labute approximate surface area is 166 Å². The summed E-state index contributed by atoms with van der Waals surface area (Å²) in [5.41, 5.74) is 2.73. The maximum atomic E-state index is 12.5. The molecule has 0 radical (unpaired) electrons. The van der Waals surface area contributed by atoms with Gasteiger partial charge in [-0.3, -0.25) is 9.59 Å². The summed E-state index contributed by atoms with van der Waals surface area (Å²) in [5.74, 6) is 0.0398. The fourth-order valence-corrected chi connectivity index (χ4v) is 2.78. The van der Waals surface area contributed by atoms with Crippen LogP contribution in [0.1, 0.15) is 43.0 Å². The molecule has 5 heteroatoms. The van der Waals surface area contributed by atoms with Crippen LogP contribution in [-0.2, 0) is 14.3 Å². The number of ether oxygens (including phenoxy) is 2. The van der Waals surface area contributed by atoms with Crippen LogP contribution >= 0.6 is 0 Å². The summed E-state index contributed by atoms with van der Waals surface area (Å²) < 4.78 is 10.6. The molecule has 0 aliphatic carbocycles. The maximum Gasteiger partial charge on any atom is 0.308 e. The van der Waals surface area contributed by atoms with Crippen molar-refractivity contribution < 1.29 is 19.1 Å². The van der Waals surface area contributed by atoms with E-state index in [4.69, 9.17) is 9.47 Å². The summed E-state index contributed by atoms with van der Waals surface area (Å²) >= 11 is 0. The maximum absolute atomic E-state index is 12.5. The Balaban J connectivity index is 2.14. The molecule has 1 unspecified atom stereocenters. The predicted octanol–water partition coefficient (Wildman–Crippen LogP) is 4.22. The SMILES string of the molecule is COc1ccc(C)cc1/C=C/C(=O)NC(CC(=O)OC(C)C)c1ccccc1. The molecule has 28 heavy (non-hydrogen) atoms. The van der Waals surface area contributed by atoms with Crippen molar-refractivity contribution in [2.24, 2.45) is 0 Å². The minimum atomic E-state index is -0.469. The van der Waals surface area contributed by atoms with Crippen LogP contribution in [-0.4, -0.2) is 25.1 Å². The van der Waals surface area contributed by atoms with Crippen LogP contribution in [0, 0.1) is 6.92 Å². The second kappa shape index (κ2) is 10.3. The summed E-state index contributed by atoms with van der Waals surface area (Å²) in [6.07, 6.45) is 3.01. The van der Waals surface area contributed by atoms with E-state index in [1.165, 1.54) is 6.08 Å². The number of nitrogens with one attached hydrogen (secondary N) is 1. The minimum Gasteiger partial charge on any atom is -0.496 e. The van der Waals surface area contributed by atoms with E-state index in [0.29, 0.717) is 5.75 Å². The highest BCUT2D eigenvalue weighted by Crippen LogP contribution is 2.21. The zero-order chi connectivity index (χ0) is 20.5. The van der Waals surface area contributed by atoms with E-state index in [9.17, 15) is 9.59 Å². The van der Waals surface area contributed by atoms with E-state index >= 15 is 0 Å². The lowest BCUT2D eigenvalue weighted by Crippen LogP contribution is -2.29. The number of methoxy groups -OCH3 is 1. The van der Waals surface area contributed by atoms with Gasteiger partial charge in [0.05, 0.1) is 25.7 Å². The lowest BCUT2D eigenvalue weighted by atomic mass is 10.0. The van der Waals surface area contributed by atoms with Crippen LogP contribution in [0.4, 0.5) is 0 Å². The summed E-state index contributed by atoms with van der Waals surface area (Å²) in [6.45, 7) is 5.57. The van der Waals surface area contributed by atoms with E-state index in [-0.39, 0.29) is 24.4 Å². The molecule has 0 heterocycles. The van der Waals surface area contributed by atoms with Gasteiger partial charge in [-0.2, -0.15) is 0 Å². The van der Waals surface area contributed by atoms with Crippen molar-refractivity contribution in [3.8, 4) is 5.75 Å². The van der Waals surface area contributed by atoms with Gasteiger partial charge in [0.2, 0.25) is 5.91 Å². The largest absolute Gasteiger partial charge is 0.496 e. The third-order valence-electron chi connectivity index (χ3n) is 4.06. The monoisotopic (exact) mass is 381 g/mol. The average molecular weight is 381 g/mol. The fraction of sp³-hybridized carbons (Fsp3) is 0.304. The average Bonchev–Trinajstić information content (AvgIpc) is 2.66. The molecule has 0 saturated carbocycles. The zero-order valence-corrected chi connectivity index (χ0v) is 16.8. The minimum absolute atomic E-state index is 0.0650. The van der Waals surface area contributed by atoms with Gasteiger partial charge in [-0.1, -0.05) is 42.0 Å². The van der Waals surface area contributed by atoms with Crippen LogP contribution in [0.25, 0.3) is 6.08 Å². The third-order valence-corrected chi connectivity index (χ3v) is 4.06. The first kappa shape index (κ1) is 21.2. The quantitative estimate of drug-likeness (QED) is 0.549. The van der Waals surface area contributed by atoms with Crippen molar-refractivity contribution in [2.45, 2.75) is 39.3 Å². The topological polar surface area (TPSA) is 64.6 Å². The highest BCUT2D eigenvalue weighted by atomic mass is 16.5. The smallest absolute Gasteiger partial charge is 0.308 e. The number of esters is 1. The summed E-state index contributed by atoms with van der Waals surface area (Å²) in [5, 5.41) is 2.89. The molecule has 2 aromatic carbocycles. The Kier molecular flexibility index (Phi) is 7.81. The lowest BCUT2D eigenvalue weighted by molar-refractivity contribution is -0.148. The van der Waals surface area contributed by atoms with Gasteiger partial charge < -0.3 is 14.8 Å². The van der Waals surface area contributed by atoms with Crippen molar-refractivity contribution in [3.05, 3.63) is 71.3 Å². The van der Waals surface area contributed by atoms with Gasteiger partial charge in [-0.15, -0.1) is 0 Å². The number of rotatable bonds is 8. The molecule has 0 bridgehead atoms. The van der Waals surface area contributed by atoms with Crippen molar-refractivity contribution in [2.75, 3.05) is 7.11 Å². The second-order valence-electron chi connectivity index (χ2n) is 6.79. The van der Waals surface area contributed by atoms with Gasteiger partial charge >= 0.3 is 5.97 Å². The van der Waals surface area contributed by atoms with Crippen LogP contribution in [0.5, 0.6) is 5.75 Å². The molecule has 2 aromatic rings. The van der Waals surface area contributed by atoms with E-state index in [1.807, 2.05) is 55.5 Å². The first-order valence-corrected chi connectivity index (χ1v) is 9.26. The van der Waals surface area contributed by atoms with E-state index in [0.717, 1.165) is 16.7 Å². The van der Waals surface area contributed by atoms with Gasteiger partial charge in [-0.05, 0) is 44.5 Å². The van der Waals surface area contributed by atoms with Crippen molar-refractivity contribution in [1.29, 1.82) is 0 Å². The Bertz CT molecular complexity index is 828. The second-order valence-corrected chi connectivity index (χ2v) is 6.79. The molecule has 0 aliphatic rings. The van der Waals surface area contributed by atoms with E-state index in [1.54, 1.807) is 27.0 Å². The van der Waals surface area contributed by atoms with Crippen LogP contribution < -0.4 is 10.1 Å². The van der Waals surface area contributed by atoms with Crippen molar-refractivity contribution in [3.63, 3.8) is 0 Å². The van der Waals surface area contributed by atoms with E-state index in [2.05, 4.69) is 5.32 Å². The first-order valence-electron chi connectivity index (χ1n) is 9.26. The van der Waals surface area contributed by atoms with Crippen LogP contribution in [0.2, 0.25) is 0 Å².